The second-order valence-electron chi connectivity index (χ2n) is 9.64. The number of ether oxygens (including phenoxy) is 1. The molecule has 12 heteroatoms. The molecule has 1 fully saturated rings. The summed E-state index contributed by atoms with van der Waals surface area (Å²) in [6.07, 6.45) is 5.22. The number of benzene rings is 1. The molecule has 4 aromatic heterocycles. The Morgan fingerprint density at radius 2 is 2.02 bits per heavy atom. The number of fused-ring (bicyclic) bond motifs is 1. The zero-order valence-corrected chi connectivity index (χ0v) is 23.8. The first-order valence-electron chi connectivity index (χ1n) is 13.2. The van der Waals surface area contributed by atoms with Crippen LogP contribution in [0.4, 0.5) is 5.82 Å². The van der Waals surface area contributed by atoms with Gasteiger partial charge < -0.3 is 19.9 Å². The highest BCUT2D eigenvalue weighted by Crippen LogP contribution is 2.34. The predicted octanol–water partition coefficient (Wildman–Crippen LogP) is 4.25. The summed E-state index contributed by atoms with van der Waals surface area (Å²) in [6.45, 7) is 8.75. The van der Waals surface area contributed by atoms with E-state index in [1.807, 2.05) is 46.7 Å². The number of thiazole rings is 1. The normalized spacial score (nSPS) is 14.1. The molecule has 5 aromatic rings. The Kier molecular flexibility index (Phi) is 8.14. The Hall–Kier alpha value is -3.64. The van der Waals surface area contributed by atoms with Gasteiger partial charge in [0.1, 0.15) is 24.5 Å². The molecule has 0 atom stereocenters. The van der Waals surface area contributed by atoms with Crippen molar-refractivity contribution in [3.63, 3.8) is 0 Å². The Morgan fingerprint density at radius 1 is 1.12 bits per heavy atom. The minimum Gasteiger partial charge on any atom is -0.492 e. The molecular weight excluding hydrogens is 546 g/mol. The van der Waals surface area contributed by atoms with E-state index in [-0.39, 0.29) is 0 Å². The van der Waals surface area contributed by atoms with Crippen molar-refractivity contribution < 1.29 is 4.74 Å². The summed E-state index contributed by atoms with van der Waals surface area (Å²) in [5.41, 5.74) is 6.01. The molecular formula is C28H30ClN9OS. The zero-order valence-electron chi connectivity index (χ0n) is 22.2. The second kappa shape index (κ2) is 12.3. The van der Waals surface area contributed by atoms with Crippen molar-refractivity contribution in [3.8, 4) is 17.1 Å². The lowest BCUT2D eigenvalue weighted by molar-refractivity contribution is 0.191. The second-order valence-corrected chi connectivity index (χ2v) is 11.0. The smallest absolute Gasteiger partial charge is 0.166 e. The Balaban J connectivity index is 1.31. The molecule has 206 valence electrons. The summed E-state index contributed by atoms with van der Waals surface area (Å²) in [4.78, 5) is 26.4. The first-order valence-corrected chi connectivity index (χ1v) is 14.5. The van der Waals surface area contributed by atoms with Crippen molar-refractivity contribution in [3.05, 3.63) is 75.7 Å². The van der Waals surface area contributed by atoms with Crippen LogP contribution in [0.25, 0.3) is 22.6 Å². The number of anilines is 1. The first kappa shape index (κ1) is 26.6. The summed E-state index contributed by atoms with van der Waals surface area (Å²) in [5.74, 6) is 2.08. The van der Waals surface area contributed by atoms with Gasteiger partial charge in [-0.2, -0.15) is 0 Å². The molecule has 40 heavy (non-hydrogen) atoms. The molecule has 0 bridgehead atoms. The number of aryl methyl sites for hydroxylation is 1. The zero-order chi connectivity index (χ0) is 27.3. The van der Waals surface area contributed by atoms with Gasteiger partial charge in [0, 0.05) is 55.6 Å². The first-order chi connectivity index (χ1) is 19.6. The number of imidazole rings is 1. The highest BCUT2D eigenvalue weighted by molar-refractivity contribution is 7.09. The van der Waals surface area contributed by atoms with Crippen LogP contribution in [-0.2, 0) is 13.1 Å². The largest absolute Gasteiger partial charge is 0.492 e. The van der Waals surface area contributed by atoms with Crippen molar-refractivity contribution in [1.29, 1.82) is 0 Å². The fourth-order valence-electron chi connectivity index (χ4n) is 4.76. The van der Waals surface area contributed by atoms with Crippen LogP contribution in [-0.4, -0.2) is 73.7 Å². The molecule has 0 saturated carbocycles. The van der Waals surface area contributed by atoms with E-state index in [2.05, 4.69) is 48.5 Å². The number of rotatable bonds is 10. The lowest BCUT2D eigenvalue weighted by Gasteiger charge is -2.26. The Bertz CT molecular complexity index is 1580. The average molecular weight is 576 g/mol. The summed E-state index contributed by atoms with van der Waals surface area (Å²) >= 11 is 8.45. The van der Waals surface area contributed by atoms with E-state index in [1.165, 1.54) is 0 Å². The SMILES string of the molecule is Cc1ccnc(Cn2c(-c3ccc(OCCN4CCNCC4)cc3Cl)nc3c(NCc4cncs4)ncnc32)c1. The molecule has 2 N–H and O–H groups in total. The van der Waals surface area contributed by atoms with Crippen LogP contribution in [0.1, 0.15) is 16.1 Å². The average Bonchev–Trinajstić information content (AvgIpc) is 3.61. The quantitative estimate of drug-likeness (QED) is 0.253. The van der Waals surface area contributed by atoms with Crippen molar-refractivity contribution in [1.82, 2.24) is 39.7 Å². The van der Waals surface area contributed by atoms with Crippen molar-refractivity contribution >= 4 is 39.9 Å². The molecule has 1 saturated heterocycles. The van der Waals surface area contributed by atoms with Crippen molar-refractivity contribution in [2.75, 3.05) is 44.6 Å². The maximum absolute atomic E-state index is 6.86. The number of hydrogen-bond donors (Lipinski definition) is 2. The van der Waals surface area contributed by atoms with E-state index in [0.29, 0.717) is 47.5 Å². The molecule has 0 radical (unpaired) electrons. The number of piperazine rings is 1. The summed E-state index contributed by atoms with van der Waals surface area (Å²) in [5, 5.41) is 7.33. The molecule has 5 heterocycles. The summed E-state index contributed by atoms with van der Waals surface area (Å²) < 4.78 is 8.09. The van der Waals surface area contributed by atoms with Gasteiger partial charge in [0.2, 0.25) is 0 Å². The van der Waals surface area contributed by atoms with E-state index < -0.39 is 0 Å². The Labute approximate surface area is 241 Å². The maximum Gasteiger partial charge on any atom is 0.166 e. The number of halogens is 1. The van der Waals surface area contributed by atoms with Crippen LogP contribution in [0.2, 0.25) is 5.02 Å². The van der Waals surface area contributed by atoms with Crippen LogP contribution in [0.3, 0.4) is 0 Å². The minimum atomic E-state index is 0.484. The highest BCUT2D eigenvalue weighted by Gasteiger charge is 2.20. The van der Waals surface area contributed by atoms with E-state index in [1.54, 1.807) is 17.7 Å². The molecule has 1 aliphatic rings. The van der Waals surface area contributed by atoms with Gasteiger partial charge in [-0.25, -0.2) is 15.0 Å². The lowest BCUT2D eigenvalue weighted by Crippen LogP contribution is -2.44. The number of nitrogens with zero attached hydrogens (tertiary/aromatic N) is 7. The van der Waals surface area contributed by atoms with Gasteiger partial charge in [-0.05, 0) is 42.8 Å². The fourth-order valence-corrected chi connectivity index (χ4v) is 5.55. The monoisotopic (exact) mass is 575 g/mol. The van der Waals surface area contributed by atoms with Crippen LogP contribution in [0, 0.1) is 6.92 Å². The Morgan fingerprint density at radius 3 is 2.83 bits per heavy atom. The van der Waals surface area contributed by atoms with Crippen LogP contribution in [0.15, 0.2) is 54.6 Å². The van der Waals surface area contributed by atoms with Crippen molar-refractivity contribution in [2.45, 2.75) is 20.0 Å². The van der Waals surface area contributed by atoms with Gasteiger partial charge in [-0.3, -0.25) is 14.9 Å². The molecule has 0 unspecified atom stereocenters. The minimum absolute atomic E-state index is 0.484. The molecule has 6 rings (SSSR count). The number of pyridine rings is 1. The van der Waals surface area contributed by atoms with E-state index >= 15 is 0 Å². The summed E-state index contributed by atoms with van der Waals surface area (Å²) in [7, 11) is 0. The molecule has 0 spiro atoms. The van der Waals surface area contributed by atoms with Gasteiger partial charge in [-0.15, -0.1) is 11.3 Å². The molecule has 1 aliphatic heterocycles. The third kappa shape index (κ3) is 6.07. The number of aromatic nitrogens is 6. The molecule has 0 aliphatic carbocycles. The maximum atomic E-state index is 6.86. The van der Waals surface area contributed by atoms with Gasteiger partial charge in [0.05, 0.1) is 29.3 Å². The van der Waals surface area contributed by atoms with E-state index in [0.717, 1.165) is 60.2 Å². The standard InChI is InChI=1S/C28H30ClN9OS/c1-19-4-5-32-20(12-19)16-38-27(36-25-26(34-17-35-28(25)38)33-15-22-14-31-18-40-22)23-3-2-21(13-24(23)29)39-11-10-37-8-6-30-7-9-37/h2-5,12-14,17-18,30H,6-11,15-16H2,1H3,(H,33,34,35). The topological polar surface area (TPSA) is 106 Å². The van der Waals surface area contributed by atoms with Crippen LogP contribution >= 0.6 is 22.9 Å². The number of hydrogen-bond acceptors (Lipinski definition) is 10. The third-order valence-corrected chi connectivity index (χ3v) is 7.90. The van der Waals surface area contributed by atoms with Gasteiger partial charge in [0.15, 0.2) is 17.0 Å². The van der Waals surface area contributed by atoms with Gasteiger partial charge >= 0.3 is 0 Å². The van der Waals surface area contributed by atoms with Crippen LogP contribution in [0.5, 0.6) is 5.75 Å². The summed E-state index contributed by atoms with van der Waals surface area (Å²) in [6, 6.07) is 9.82. The molecule has 10 nitrogen and oxygen atoms in total. The molecule has 0 amide bonds. The highest BCUT2D eigenvalue weighted by atomic mass is 35.5. The predicted molar refractivity (Wildman–Crippen MR) is 158 cm³/mol. The lowest BCUT2D eigenvalue weighted by atomic mass is 10.2. The van der Waals surface area contributed by atoms with E-state index in [4.69, 9.17) is 21.3 Å². The van der Waals surface area contributed by atoms with Gasteiger partial charge in [-0.1, -0.05) is 11.6 Å². The van der Waals surface area contributed by atoms with Crippen molar-refractivity contribution in [2.24, 2.45) is 0 Å². The van der Waals surface area contributed by atoms with Crippen LogP contribution < -0.4 is 15.4 Å². The molecule has 1 aromatic carbocycles. The fraction of sp³-hybridized carbons (Fsp3) is 0.321. The third-order valence-electron chi connectivity index (χ3n) is 6.81. The number of nitrogens with one attached hydrogen (secondary N) is 2. The van der Waals surface area contributed by atoms with E-state index in [9.17, 15) is 0 Å². The van der Waals surface area contributed by atoms with Gasteiger partial charge in [0.25, 0.3) is 0 Å².